The maximum absolute atomic E-state index is 14.8. The molecule has 0 bridgehead atoms. The van der Waals surface area contributed by atoms with E-state index in [0.717, 1.165) is 0 Å². The van der Waals surface area contributed by atoms with E-state index in [-0.39, 0.29) is 35.1 Å². The van der Waals surface area contributed by atoms with Crippen molar-refractivity contribution in [1.82, 2.24) is 9.78 Å². The minimum Gasteiger partial charge on any atom is -0.465 e. The monoisotopic (exact) mass is 412 g/mol. The van der Waals surface area contributed by atoms with Crippen molar-refractivity contribution in [3.63, 3.8) is 0 Å². The number of carbonyl (C=O) groups excluding carboxylic acids is 1. The summed E-state index contributed by atoms with van der Waals surface area (Å²) in [6.07, 6.45) is -0.0268. The Kier molecular flexibility index (Phi) is 4.73. The molecule has 30 heavy (non-hydrogen) atoms. The van der Waals surface area contributed by atoms with E-state index in [4.69, 9.17) is 5.11 Å². The lowest BCUT2D eigenvalue weighted by Crippen LogP contribution is -2.43. The van der Waals surface area contributed by atoms with Gasteiger partial charge in [0, 0.05) is 23.4 Å². The number of carboxylic acid groups (broad SMARTS) is 1. The van der Waals surface area contributed by atoms with Gasteiger partial charge < -0.3 is 10.0 Å². The van der Waals surface area contributed by atoms with Crippen LogP contribution in [0.3, 0.4) is 0 Å². The molecule has 1 aliphatic rings. The Hall–Kier alpha value is -3.75. The van der Waals surface area contributed by atoms with Crippen LogP contribution in [0, 0.1) is 0 Å². The molecule has 1 atom stereocenters. The number of benzene rings is 2. The molecule has 9 heteroatoms. The molecule has 0 saturated carbocycles. The second-order valence-corrected chi connectivity index (χ2v) is 7.03. The van der Waals surface area contributed by atoms with E-state index < -0.39 is 17.9 Å². The number of nitrogens with one attached hydrogen (secondary N) is 1. The second kappa shape index (κ2) is 7.25. The molecule has 7 nitrogen and oxygen atoms in total. The summed E-state index contributed by atoms with van der Waals surface area (Å²) in [6, 6.07) is 12.8. The average molecular weight is 412 g/mol. The number of rotatable bonds is 4. The van der Waals surface area contributed by atoms with E-state index >= 15 is 0 Å². The molecule has 1 aliphatic heterocycles. The molecule has 2 aromatic carbocycles. The van der Waals surface area contributed by atoms with Gasteiger partial charge in [0.15, 0.2) is 5.69 Å². The van der Waals surface area contributed by atoms with E-state index in [9.17, 15) is 18.4 Å². The third-order valence-corrected chi connectivity index (χ3v) is 5.03. The molecule has 154 valence electrons. The van der Waals surface area contributed by atoms with Crippen molar-refractivity contribution >= 4 is 23.4 Å². The number of carbonyl (C=O) groups is 2. The van der Waals surface area contributed by atoms with Gasteiger partial charge in [-0.2, -0.15) is 13.9 Å². The number of amides is 2. The van der Waals surface area contributed by atoms with Crippen LogP contribution in [0.5, 0.6) is 0 Å². The molecule has 2 amide bonds. The third kappa shape index (κ3) is 3.28. The van der Waals surface area contributed by atoms with Gasteiger partial charge in [-0.25, -0.2) is 4.79 Å². The topological polar surface area (TPSA) is 87.5 Å². The van der Waals surface area contributed by atoms with Crippen LogP contribution in [-0.4, -0.2) is 33.4 Å². The Balaban J connectivity index is 1.65. The Morgan fingerprint density at radius 1 is 1.13 bits per heavy atom. The zero-order chi connectivity index (χ0) is 21.5. The normalized spacial score (nSPS) is 16.3. The summed E-state index contributed by atoms with van der Waals surface area (Å²) in [7, 11) is 0. The second-order valence-electron chi connectivity index (χ2n) is 7.03. The quantitative estimate of drug-likeness (QED) is 0.668. The summed E-state index contributed by atoms with van der Waals surface area (Å²) in [6.45, 7) is 2.10. The van der Waals surface area contributed by atoms with Gasteiger partial charge in [0.1, 0.15) is 0 Å². The first-order valence-corrected chi connectivity index (χ1v) is 9.22. The van der Waals surface area contributed by atoms with E-state index in [2.05, 4.69) is 10.4 Å². The molecule has 0 fully saturated rings. The summed E-state index contributed by atoms with van der Waals surface area (Å²) in [5.74, 6) is -3.63. The molecule has 3 aromatic rings. The zero-order valence-electron chi connectivity index (χ0n) is 15.9. The van der Waals surface area contributed by atoms with Gasteiger partial charge >= 0.3 is 6.09 Å². The minimum atomic E-state index is -3.17. The molecule has 0 saturated heterocycles. The zero-order valence-corrected chi connectivity index (χ0v) is 15.9. The third-order valence-electron chi connectivity index (χ3n) is 5.03. The van der Waals surface area contributed by atoms with Crippen LogP contribution in [0.4, 0.5) is 25.0 Å². The number of nitrogens with zero attached hydrogens (tertiary/aromatic N) is 3. The van der Waals surface area contributed by atoms with Gasteiger partial charge in [-0.3, -0.25) is 14.8 Å². The van der Waals surface area contributed by atoms with Crippen LogP contribution < -0.4 is 10.2 Å². The highest BCUT2D eigenvalue weighted by Gasteiger charge is 2.36. The van der Waals surface area contributed by atoms with Gasteiger partial charge in [-0.15, -0.1) is 0 Å². The first kappa shape index (κ1) is 19.6. The highest BCUT2D eigenvalue weighted by molar-refractivity contribution is 6.10. The van der Waals surface area contributed by atoms with Crippen LogP contribution >= 0.6 is 0 Å². The number of anilines is 2. The average Bonchev–Trinajstić information content (AvgIpc) is 3.15. The van der Waals surface area contributed by atoms with E-state index in [1.807, 2.05) is 6.92 Å². The molecule has 2 N–H and O–H groups in total. The van der Waals surface area contributed by atoms with Crippen molar-refractivity contribution < 1.29 is 23.5 Å². The van der Waals surface area contributed by atoms with Crippen molar-refractivity contribution in [2.75, 3.05) is 16.8 Å². The molecule has 0 spiro atoms. The fourth-order valence-electron chi connectivity index (χ4n) is 3.56. The number of hydrogen-bond donors (Lipinski definition) is 2. The Bertz CT molecular complexity index is 1100. The van der Waals surface area contributed by atoms with Crippen molar-refractivity contribution in [2.45, 2.75) is 18.9 Å². The first-order valence-electron chi connectivity index (χ1n) is 9.22. The largest absolute Gasteiger partial charge is 0.465 e. The van der Waals surface area contributed by atoms with Crippen LogP contribution in [0.1, 0.15) is 34.6 Å². The minimum absolute atomic E-state index is 0.0799. The summed E-state index contributed by atoms with van der Waals surface area (Å²) >= 11 is 0. The Labute approximate surface area is 170 Å². The van der Waals surface area contributed by atoms with E-state index in [0.29, 0.717) is 5.69 Å². The lowest BCUT2D eigenvalue weighted by molar-refractivity contribution is 0.0428. The highest BCUT2D eigenvalue weighted by atomic mass is 19.3. The molecule has 0 aliphatic carbocycles. The molecule has 0 radical (unpaired) electrons. The maximum atomic E-state index is 14.8. The first-order chi connectivity index (χ1) is 14.3. The number of aromatic nitrogens is 2. The Morgan fingerprint density at radius 3 is 2.40 bits per heavy atom. The van der Waals surface area contributed by atoms with E-state index in [1.54, 1.807) is 18.2 Å². The van der Waals surface area contributed by atoms with Gasteiger partial charge in [-0.05, 0) is 19.1 Å². The highest BCUT2D eigenvalue weighted by Crippen LogP contribution is 2.37. The number of fused-ring (bicyclic) bond motifs is 1. The summed E-state index contributed by atoms with van der Waals surface area (Å²) < 4.78 is 31.0. The maximum Gasteiger partial charge on any atom is 0.409 e. The standard InChI is InChI=1S/C21H18F2N4O3/c1-13-12-26(19(28)18-17(25-20(29)30)11-24-27(13)18)16-9-7-15(8-10-16)21(22,23)14-5-3-2-4-6-14/h2-11,13,25H,12H2,1H3,(H,29,30)/t13-/m0/s1. The predicted molar refractivity (Wildman–Crippen MR) is 106 cm³/mol. The smallest absolute Gasteiger partial charge is 0.409 e. The molecule has 1 aromatic heterocycles. The molecular weight excluding hydrogens is 394 g/mol. The van der Waals surface area contributed by atoms with Crippen LogP contribution in [0.2, 0.25) is 0 Å². The fourth-order valence-corrected chi connectivity index (χ4v) is 3.56. The van der Waals surface area contributed by atoms with Crippen molar-refractivity contribution in [3.8, 4) is 0 Å². The lowest BCUT2D eigenvalue weighted by atomic mass is 10.00. The Morgan fingerprint density at radius 2 is 1.77 bits per heavy atom. The summed E-state index contributed by atoms with van der Waals surface area (Å²) in [5, 5.41) is 15.2. The van der Waals surface area contributed by atoms with Crippen LogP contribution in [0.15, 0.2) is 60.8 Å². The van der Waals surface area contributed by atoms with Crippen LogP contribution in [0.25, 0.3) is 0 Å². The molecule has 0 unspecified atom stereocenters. The van der Waals surface area contributed by atoms with Gasteiger partial charge in [0.25, 0.3) is 11.8 Å². The van der Waals surface area contributed by atoms with E-state index in [1.165, 1.54) is 52.2 Å². The predicted octanol–water partition coefficient (Wildman–Crippen LogP) is 4.33. The summed E-state index contributed by atoms with van der Waals surface area (Å²) in [5.41, 5.74) is 0.321. The molecular formula is C21H18F2N4O3. The SMILES string of the molecule is C[C@H]1CN(c2ccc(C(F)(F)c3ccccc3)cc2)C(=O)c2c(NC(=O)O)cnn21. The number of alkyl halides is 2. The van der Waals surface area contributed by atoms with Gasteiger partial charge in [0.2, 0.25) is 0 Å². The van der Waals surface area contributed by atoms with Gasteiger partial charge in [-0.1, -0.05) is 42.5 Å². The van der Waals surface area contributed by atoms with Crippen molar-refractivity contribution in [1.29, 1.82) is 0 Å². The molecule has 4 rings (SSSR count). The van der Waals surface area contributed by atoms with Crippen molar-refractivity contribution in [2.24, 2.45) is 0 Å². The fraction of sp³-hybridized carbons (Fsp3) is 0.190. The van der Waals surface area contributed by atoms with Crippen LogP contribution in [-0.2, 0) is 5.92 Å². The summed E-state index contributed by atoms with van der Waals surface area (Å²) in [4.78, 5) is 25.4. The van der Waals surface area contributed by atoms with Crippen molar-refractivity contribution in [3.05, 3.63) is 77.6 Å². The lowest BCUT2D eigenvalue weighted by Gasteiger charge is -2.32. The number of halogens is 2. The number of hydrogen-bond acceptors (Lipinski definition) is 3. The molecule has 2 heterocycles. The van der Waals surface area contributed by atoms with Gasteiger partial charge in [0.05, 0.1) is 17.9 Å².